The molecule has 3 aliphatic rings. The average molecular weight is 310 g/mol. The van der Waals surface area contributed by atoms with Crippen LogP contribution in [0.3, 0.4) is 0 Å². The van der Waals surface area contributed by atoms with E-state index in [0.717, 1.165) is 25.7 Å². The molecule has 3 nitrogen and oxygen atoms in total. The number of fused-ring (bicyclic) bond motifs is 3. The molecule has 1 unspecified atom stereocenters. The molecule has 0 heterocycles. The summed E-state index contributed by atoms with van der Waals surface area (Å²) in [5.41, 5.74) is -0.342. The SMILES string of the molecule is CC1(C)C(=O)CC[C@@]2(C)C1C=C[C@H]1C[C@@H](C#N)C[C@]12CCC#N. The first kappa shape index (κ1) is 16.3. The topological polar surface area (TPSA) is 64.7 Å². The van der Waals surface area contributed by atoms with Crippen molar-refractivity contribution in [3.8, 4) is 12.1 Å². The lowest BCUT2D eigenvalue weighted by Gasteiger charge is -2.61. The Morgan fingerprint density at radius 2 is 2.00 bits per heavy atom. The molecule has 0 N–H and O–H groups in total. The van der Waals surface area contributed by atoms with Crippen molar-refractivity contribution < 1.29 is 4.79 Å². The maximum atomic E-state index is 12.5. The van der Waals surface area contributed by atoms with Gasteiger partial charge in [-0.15, -0.1) is 0 Å². The zero-order valence-corrected chi connectivity index (χ0v) is 14.4. The number of hydrogen-bond donors (Lipinski definition) is 0. The predicted octanol–water partition coefficient (Wildman–Crippen LogP) is 4.41. The molecule has 0 saturated heterocycles. The molecule has 122 valence electrons. The summed E-state index contributed by atoms with van der Waals surface area (Å²) in [6.45, 7) is 6.49. The van der Waals surface area contributed by atoms with E-state index in [1.807, 2.05) is 0 Å². The van der Waals surface area contributed by atoms with Crippen LogP contribution in [0.4, 0.5) is 0 Å². The first-order valence-electron chi connectivity index (χ1n) is 8.80. The lowest BCUT2D eigenvalue weighted by Crippen LogP contribution is -2.57. The van der Waals surface area contributed by atoms with Crippen LogP contribution in [0.25, 0.3) is 0 Å². The molecule has 0 aliphatic heterocycles. The van der Waals surface area contributed by atoms with Gasteiger partial charge in [-0.25, -0.2) is 0 Å². The molecule has 5 atom stereocenters. The molecule has 0 bridgehead atoms. The van der Waals surface area contributed by atoms with Crippen molar-refractivity contribution in [3.05, 3.63) is 12.2 Å². The first-order chi connectivity index (χ1) is 10.8. The standard InChI is InChI=1S/C20H26N2O/c1-18(2)16-6-5-15-11-14(13-22)12-20(15,8-4-10-21)19(16,3)9-7-17(18)23/h5-6,14-16H,4,7-9,11-12H2,1-3H3/t14-,15+,16?,19+,20-/m1/s1. The monoisotopic (exact) mass is 310 g/mol. The Kier molecular flexibility index (Phi) is 3.68. The number of allylic oxidation sites excluding steroid dienone is 2. The first-order valence-corrected chi connectivity index (χ1v) is 8.80. The second-order valence-corrected chi connectivity index (χ2v) is 8.61. The van der Waals surface area contributed by atoms with Crippen molar-refractivity contribution >= 4 is 5.78 Å². The van der Waals surface area contributed by atoms with Crippen LogP contribution in [0.5, 0.6) is 0 Å². The number of nitrogens with zero attached hydrogens (tertiary/aromatic N) is 2. The summed E-state index contributed by atoms with van der Waals surface area (Å²) in [6, 6.07) is 4.80. The zero-order chi connectivity index (χ0) is 16.9. The van der Waals surface area contributed by atoms with Gasteiger partial charge in [-0.05, 0) is 48.3 Å². The van der Waals surface area contributed by atoms with Gasteiger partial charge >= 0.3 is 0 Å². The van der Waals surface area contributed by atoms with E-state index in [2.05, 4.69) is 45.1 Å². The number of nitriles is 2. The number of hydrogen-bond acceptors (Lipinski definition) is 3. The highest BCUT2D eigenvalue weighted by molar-refractivity contribution is 5.86. The van der Waals surface area contributed by atoms with Crippen molar-refractivity contribution in [2.75, 3.05) is 0 Å². The van der Waals surface area contributed by atoms with Gasteiger partial charge in [0.15, 0.2) is 0 Å². The molecule has 3 aliphatic carbocycles. The molecule has 23 heavy (non-hydrogen) atoms. The van der Waals surface area contributed by atoms with E-state index in [4.69, 9.17) is 0 Å². The Hall–Kier alpha value is -1.61. The summed E-state index contributed by atoms with van der Waals surface area (Å²) in [5, 5.41) is 18.7. The third-order valence-electron chi connectivity index (χ3n) is 7.45. The molecule has 0 spiro atoms. The Morgan fingerprint density at radius 3 is 2.65 bits per heavy atom. The van der Waals surface area contributed by atoms with Crippen LogP contribution in [-0.2, 0) is 4.79 Å². The number of rotatable bonds is 2. The molecule has 3 rings (SSSR count). The van der Waals surface area contributed by atoms with Crippen LogP contribution in [0.1, 0.15) is 59.3 Å². The van der Waals surface area contributed by atoms with Crippen molar-refractivity contribution in [2.24, 2.45) is 34.0 Å². The van der Waals surface area contributed by atoms with E-state index in [-0.39, 0.29) is 28.1 Å². The second-order valence-electron chi connectivity index (χ2n) is 8.61. The lowest BCUT2D eigenvalue weighted by molar-refractivity contribution is -0.150. The quantitative estimate of drug-likeness (QED) is 0.710. The molecule has 0 aromatic rings. The molecule has 0 aromatic heterocycles. The summed E-state index contributed by atoms with van der Waals surface area (Å²) < 4.78 is 0. The summed E-state index contributed by atoms with van der Waals surface area (Å²) in [7, 11) is 0. The molecule has 3 heteroatoms. The van der Waals surface area contributed by atoms with E-state index < -0.39 is 0 Å². The highest BCUT2D eigenvalue weighted by Crippen LogP contribution is 2.70. The van der Waals surface area contributed by atoms with Gasteiger partial charge in [0.25, 0.3) is 0 Å². The van der Waals surface area contributed by atoms with Gasteiger partial charge < -0.3 is 0 Å². The summed E-state index contributed by atoms with van der Waals surface area (Å²) in [6.07, 6.45) is 9.27. The van der Waals surface area contributed by atoms with Gasteiger partial charge in [0.2, 0.25) is 0 Å². The summed E-state index contributed by atoms with van der Waals surface area (Å²) in [5.74, 6) is 1.03. The Balaban J connectivity index is 2.11. The maximum Gasteiger partial charge on any atom is 0.139 e. The van der Waals surface area contributed by atoms with Gasteiger partial charge in [0.1, 0.15) is 5.78 Å². The van der Waals surface area contributed by atoms with Crippen molar-refractivity contribution in [2.45, 2.75) is 59.3 Å². The van der Waals surface area contributed by atoms with Gasteiger partial charge in [0, 0.05) is 24.2 Å². The minimum Gasteiger partial charge on any atom is -0.299 e. The van der Waals surface area contributed by atoms with Gasteiger partial charge in [0.05, 0.1) is 12.1 Å². The molecule has 0 aromatic carbocycles. The lowest BCUT2D eigenvalue weighted by atomic mass is 9.42. The van der Waals surface area contributed by atoms with E-state index >= 15 is 0 Å². The normalized spacial score (nSPS) is 44.0. The number of carbonyl (C=O) groups is 1. The van der Waals surface area contributed by atoms with Crippen molar-refractivity contribution in [1.82, 2.24) is 0 Å². The Bertz CT molecular complexity index is 635. The minimum atomic E-state index is -0.348. The van der Waals surface area contributed by atoms with E-state index in [0.29, 0.717) is 24.5 Å². The molecule has 2 saturated carbocycles. The van der Waals surface area contributed by atoms with Crippen LogP contribution in [-0.4, -0.2) is 5.78 Å². The highest BCUT2D eigenvalue weighted by atomic mass is 16.1. The van der Waals surface area contributed by atoms with Crippen LogP contribution in [0, 0.1) is 56.7 Å². The second kappa shape index (κ2) is 5.20. The number of Topliss-reactive ketones (excluding diaryl/α,β-unsaturated/α-hetero) is 1. The largest absolute Gasteiger partial charge is 0.299 e. The summed E-state index contributed by atoms with van der Waals surface area (Å²) >= 11 is 0. The fourth-order valence-electron chi connectivity index (χ4n) is 6.15. The van der Waals surface area contributed by atoms with E-state index in [9.17, 15) is 15.3 Å². The van der Waals surface area contributed by atoms with Gasteiger partial charge in [-0.2, -0.15) is 10.5 Å². The Labute approximate surface area is 139 Å². The number of carbonyl (C=O) groups excluding carboxylic acids is 1. The third-order valence-corrected chi connectivity index (χ3v) is 7.45. The zero-order valence-electron chi connectivity index (χ0n) is 14.4. The highest BCUT2D eigenvalue weighted by Gasteiger charge is 2.64. The van der Waals surface area contributed by atoms with Crippen LogP contribution < -0.4 is 0 Å². The van der Waals surface area contributed by atoms with Crippen molar-refractivity contribution in [1.29, 1.82) is 10.5 Å². The molecule has 2 fully saturated rings. The Morgan fingerprint density at radius 1 is 1.26 bits per heavy atom. The van der Waals surface area contributed by atoms with Crippen molar-refractivity contribution in [3.63, 3.8) is 0 Å². The molecule has 0 amide bonds. The minimum absolute atomic E-state index is 0.000509. The fraction of sp³-hybridized carbons (Fsp3) is 0.750. The summed E-state index contributed by atoms with van der Waals surface area (Å²) in [4.78, 5) is 12.5. The average Bonchev–Trinajstić information content (AvgIpc) is 2.90. The van der Waals surface area contributed by atoms with Gasteiger partial charge in [-0.3, -0.25) is 4.79 Å². The predicted molar refractivity (Wildman–Crippen MR) is 87.9 cm³/mol. The van der Waals surface area contributed by atoms with E-state index in [1.54, 1.807) is 0 Å². The molecule has 0 radical (unpaired) electrons. The third kappa shape index (κ3) is 2.02. The smallest absolute Gasteiger partial charge is 0.139 e. The molecular weight excluding hydrogens is 284 g/mol. The van der Waals surface area contributed by atoms with Gasteiger partial charge in [-0.1, -0.05) is 32.9 Å². The number of ketones is 1. The van der Waals surface area contributed by atoms with E-state index in [1.165, 1.54) is 0 Å². The van der Waals surface area contributed by atoms with Crippen LogP contribution in [0.15, 0.2) is 12.2 Å². The van der Waals surface area contributed by atoms with Crippen LogP contribution >= 0.6 is 0 Å². The molecular formula is C20H26N2O. The fourth-order valence-corrected chi connectivity index (χ4v) is 6.15. The maximum absolute atomic E-state index is 12.5. The van der Waals surface area contributed by atoms with Crippen LogP contribution in [0.2, 0.25) is 0 Å².